The standard InChI is InChI=1S/C18H20FN3O2/c19-15-5-3-13(4-6-15)9-21-16-8-14(10-20-11-16)18(23)22-12-17-2-1-7-24-17/h3-6,8,10-11,17,21H,1-2,7,9,12H2,(H,22,23). The van der Waals surface area contributed by atoms with Gasteiger partial charge in [-0.2, -0.15) is 0 Å². The van der Waals surface area contributed by atoms with Crippen LogP contribution in [0.15, 0.2) is 42.7 Å². The van der Waals surface area contributed by atoms with Gasteiger partial charge in [0.15, 0.2) is 0 Å². The number of ether oxygens (including phenoxy) is 1. The van der Waals surface area contributed by atoms with E-state index in [1.165, 1.54) is 18.3 Å². The van der Waals surface area contributed by atoms with E-state index in [0.29, 0.717) is 18.7 Å². The van der Waals surface area contributed by atoms with Gasteiger partial charge in [-0.05, 0) is 36.6 Å². The molecule has 24 heavy (non-hydrogen) atoms. The van der Waals surface area contributed by atoms with E-state index < -0.39 is 0 Å². The number of benzene rings is 1. The number of rotatable bonds is 6. The molecule has 0 bridgehead atoms. The molecule has 0 saturated carbocycles. The molecular weight excluding hydrogens is 309 g/mol. The first-order chi connectivity index (χ1) is 11.7. The Morgan fingerprint density at radius 1 is 1.29 bits per heavy atom. The van der Waals surface area contributed by atoms with Crippen LogP contribution in [0.1, 0.15) is 28.8 Å². The SMILES string of the molecule is O=C(NCC1CCCO1)c1cncc(NCc2ccc(F)cc2)c1. The molecule has 2 N–H and O–H groups in total. The summed E-state index contributed by atoms with van der Waals surface area (Å²) in [5.41, 5.74) is 2.19. The second-order valence-corrected chi connectivity index (χ2v) is 5.79. The van der Waals surface area contributed by atoms with Crippen LogP contribution in [0.25, 0.3) is 0 Å². The summed E-state index contributed by atoms with van der Waals surface area (Å²) >= 11 is 0. The Balaban J connectivity index is 1.54. The summed E-state index contributed by atoms with van der Waals surface area (Å²) in [6, 6.07) is 8.03. The van der Waals surface area contributed by atoms with Crippen LogP contribution in [0.2, 0.25) is 0 Å². The van der Waals surface area contributed by atoms with Gasteiger partial charge < -0.3 is 15.4 Å². The maximum atomic E-state index is 12.9. The molecule has 0 aliphatic carbocycles. The summed E-state index contributed by atoms with van der Waals surface area (Å²) in [6.07, 6.45) is 5.33. The molecule has 1 aromatic heterocycles. The number of hydrogen-bond donors (Lipinski definition) is 2. The molecule has 6 heteroatoms. The molecule has 1 amide bonds. The van der Waals surface area contributed by atoms with Gasteiger partial charge in [0.1, 0.15) is 5.82 Å². The highest BCUT2D eigenvalue weighted by Crippen LogP contribution is 2.13. The van der Waals surface area contributed by atoms with E-state index in [1.54, 1.807) is 24.4 Å². The predicted octanol–water partition coefficient (Wildman–Crippen LogP) is 2.74. The third-order valence-corrected chi connectivity index (χ3v) is 3.92. The van der Waals surface area contributed by atoms with Gasteiger partial charge in [0.25, 0.3) is 5.91 Å². The fourth-order valence-electron chi connectivity index (χ4n) is 2.58. The van der Waals surface area contributed by atoms with Crippen molar-refractivity contribution in [3.8, 4) is 0 Å². The van der Waals surface area contributed by atoms with E-state index in [1.807, 2.05) is 0 Å². The Bertz CT molecular complexity index is 685. The number of nitrogens with one attached hydrogen (secondary N) is 2. The Hall–Kier alpha value is -2.47. The number of halogens is 1. The van der Waals surface area contributed by atoms with E-state index >= 15 is 0 Å². The van der Waals surface area contributed by atoms with Crippen molar-refractivity contribution in [1.82, 2.24) is 10.3 Å². The molecule has 0 radical (unpaired) electrons. The number of nitrogens with zero attached hydrogens (tertiary/aromatic N) is 1. The highest BCUT2D eigenvalue weighted by Gasteiger charge is 2.16. The average molecular weight is 329 g/mol. The minimum atomic E-state index is -0.259. The van der Waals surface area contributed by atoms with Crippen LogP contribution < -0.4 is 10.6 Å². The van der Waals surface area contributed by atoms with Crippen molar-refractivity contribution in [3.63, 3.8) is 0 Å². The second-order valence-electron chi connectivity index (χ2n) is 5.79. The molecule has 1 atom stereocenters. The Kier molecular flexibility index (Phi) is 5.38. The van der Waals surface area contributed by atoms with Gasteiger partial charge in [-0.25, -0.2) is 4.39 Å². The summed E-state index contributed by atoms with van der Waals surface area (Å²) in [6.45, 7) is 1.82. The molecule has 2 aromatic rings. The number of carbonyl (C=O) groups excluding carboxylic acids is 1. The predicted molar refractivity (Wildman–Crippen MR) is 89.3 cm³/mol. The third kappa shape index (κ3) is 4.52. The molecule has 1 aromatic carbocycles. The van der Waals surface area contributed by atoms with E-state index in [0.717, 1.165) is 30.7 Å². The van der Waals surface area contributed by atoms with Crippen LogP contribution >= 0.6 is 0 Å². The molecule has 0 spiro atoms. The molecule has 1 aliphatic rings. The van der Waals surface area contributed by atoms with Crippen LogP contribution in [0, 0.1) is 5.82 Å². The summed E-state index contributed by atoms with van der Waals surface area (Å²) in [5, 5.41) is 6.06. The number of amides is 1. The fourth-order valence-corrected chi connectivity index (χ4v) is 2.58. The van der Waals surface area contributed by atoms with Gasteiger partial charge in [-0.3, -0.25) is 9.78 Å². The van der Waals surface area contributed by atoms with Gasteiger partial charge in [-0.1, -0.05) is 12.1 Å². The van der Waals surface area contributed by atoms with Crippen molar-refractivity contribution in [1.29, 1.82) is 0 Å². The molecule has 1 saturated heterocycles. The van der Waals surface area contributed by atoms with Gasteiger partial charge >= 0.3 is 0 Å². The largest absolute Gasteiger partial charge is 0.380 e. The fraction of sp³-hybridized carbons (Fsp3) is 0.333. The zero-order valence-electron chi connectivity index (χ0n) is 13.3. The highest BCUT2D eigenvalue weighted by molar-refractivity contribution is 5.94. The Morgan fingerprint density at radius 2 is 2.12 bits per heavy atom. The van der Waals surface area contributed by atoms with Crippen molar-refractivity contribution in [2.75, 3.05) is 18.5 Å². The second kappa shape index (κ2) is 7.88. The quantitative estimate of drug-likeness (QED) is 0.855. The van der Waals surface area contributed by atoms with Crippen LogP contribution in [0.5, 0.6) is 0 Å². The molecule has 5 nitrogen and oxygen atoms in total. The number of hydrogen-bond acceptors (Lipinski definition) is 4. The minimum absolute atomic E-state index is 0.113. The van der Waals surface area contributed by atoms with Crippen molar-refractivity contribution in [2.24, 2.45) is 0 Å². The number of anilines is 1. The van der Waals surface area contributed by atoms with Crippen molar-refractivity contribution >= 4 is 11.6 Å². The zero-order valence-corrected chi connectivity index (χ0v) is 13.3. The number of carbonyl (C=O) groups is 1. The van der Waals surface area contributed by atoms with E-state index in [2.05, 4.69) is 15.6 Å². The van der Waals surface area contributed by atoms with Gasteiger partial charge in [0.2, 0.25) is 0 Å². The molecule has 1 fully saturated rings. The molecule has 3 rings (SSSR count). The van der Waals surface area contributed by atoms with E-state index in [9.17, 15) is 9.18 Å². The van der Waals surface area contributed by atoms with Crippen LogP contribution in [-0.2, 0) is 11.3 Å². The lowest BCUT2D eigenvalue weighted by Gasteiger charge is -2.11. The van der Waals surface area contributed by atoms with Gasteiger partial charge in [0, 0.05) is 32.1 Å². The lowest BCUT2D eigenvalue weighted by molar-refractivity contribution is 0.0857. The maximum Gasteiger partial charge on any atom is 0.253 e. The van der Waals surface area contributed by atoms with Crippen LogP contribution in [0.3, 0.4) is 0 Å². The summed E-state index contributed by atoms with van der Waals surface area (Å²) in [7, 11) is 0. The normalized spacial score (nSPS) is 16.8. The van der Waals surface area contributed by atoms with Crippen LogP contribution in [-0.4, -0.2) is 30.1 Å². The first-order valence-electron chi connectivity index (χ1n) is 8.04. The van der Waals surface area contributed by atoms with E-state index in [4.69, 9.17) is 4.74 Å². The molecular formula is C18H20FN3O2. The lowest BCUT2D eigenvalue weighted by atomic mass is 10.2. The maximum absolute atomic E-state index is 12.9. The topological polar surface area (TPSA) is 63.2 Å². The molecule has 126 valence electrons. The summed E-state index contributed by atoms with van der Waals surface area (Å²) < 4.78 is 18.4. The van der Waals surface area contributed by atoms with Crippen molar-refractivity contribution in [3.05, 3.63) is 59.7 Å². The van der Waals surface area contributed by atoms with Crippen molar-refractivity contribution < 1.29 is 13.9 Å². The number of aromatic nitrogens is 1. The molecule has 1 unspecified atom stereocenters. The summed E-state index contributed by atoms with van der Waals surface area (Å²) in [5.74, 6) is -0.422. The van der Waals surface area contributed by atoms with Crippen molar-refractivity contribution in [2.45, 2.75) is 25.5 Å². The Morgan fingerprint density at radius 3 is 2.88 bits per heavy atom. The first-order valence-corrected chi connectivity index (χ1v) is 8.04. The average Bonchev–Trinajstić information content (AvgIpc) is 3.13. The highest BCUT2D eigenvalue weighted by atomic mass is 19.1. The van der Waals surface area contributed by atoms with Crippen LogP contribution in [0.4, 0.5) is 10.1 Å². The van der Waals surface area contributed by atoms with Gasteiger partial charge in [-0.15, -0.1) is 0 Å². The monoisotopic (exact) mass is 329 g/mol. The van der Waals surface area contributed by atoms with Gasteiger partial charge in [0.05, 0.1) is 17.4 Å². The lowest BCUT2D eigenvalue weighted by Crippen LogP contribution is -2.31. The first kappa shape index (κ1) is 16.4. The number of pyridine rings is 1. The summed E-state index contributed by atoms with van der Waals surface area (Å²) in [4.78, 5) is 16.3. The molecule has 2 heterocycles. The Labute approximate surface area is 140 Å². The third-order valence-electron chi connectivity index (χ3n) is 3.92. The smallest absolute Gasteiger partial charge is 0.253 e. The minimum Gasteiger partial charge on any atom is -0.380 e. The van der Waals surface area contributed by atoms with E-state index in [-0.39, 0.29) is 17.8 Å². The zero-order chi connectivity index (χ0) is 16.8. The molecule has 1 aliphatic heterocycles.